The van der Waals surface area contributed by atoms with Crippen LogP contribution in [-0.2, 0) is 14.4 Å². The van der Waals surface area contributed by atoms with Gasteiger partial charge in [0.05, 0.1) is 0 Å². The normalized spacial score (nSPS) is 9.17. The van der Waals surface area contributed by atoms with E-state index in [4.69, 9.17) is 35.4 Å². The zero-order chi connectivity index (χ0) is 26.9. The first-order chi connectivity index (χ1) is 16.1. The molecule has 0 saturated carbocycles. The number of aliphatic carboxylic acids is 3. The van der Waals surface area contributed by atoms with Gasteiger partial charge in [0.25, 0.3) is 17.9 Å². The van der Waals surface area contributed by atoms with E-state index in [1.807, 2.05) is 0 Å². The third-order valence-electron chi connectivity index (χ3n) is 4.53. The summed E-state index contributed by atoms with van der Waals surface area (Å²) in [5.41, 5.74) is 5.44. The first kappa shape index (κ1) is 44.3. The number of carboxylic acid groups (broad SMARTS) is 3. The molecule has 0 radical (unpaired) electrons. The van der Waals surface area contributed by atoms with Crippen LogP contribution in [0.1, 0.15) is 132 Å². The van der Waals surface area contributed by atoms with E-state index in [0.717, 1.165) is 40.4 Å². The second-order valence-electron chi connectivity index (χ2n) is 8.40. The molecule has 0 unspecified atom stereocenters. The van der Waals surface area contributed by atoms with Gasteiger partial charge in [-0.05, 0) is 13.0 Å². The molecule has 0 aromatic carbocycles. The van der Waals surface area contributed by atoms with Gasteiger partial charge in [0, 0.05) is 33.9 Å². The Morgan fingerprint density at radius 1 is 0.571 bits per heavy atom. The zero-order valence-electron chi connectivity index (χ0n) is 24.6. The molecule has 0 aromatic rings. The Balaban J connectivity index is -0.000000134. The summed E-state index contributed by atoms with van der Waals surface area (Å²) in [6.45, 7) is 8.42. The largest absolute Gasteiger partial charge is 1.00 e. The smallest absolute Gasteiger partial charge is 1.00 e. The third kappa shape index (κ3) is 97.4. The Labute approximate surface area is 239 Å². The minimum absolute atomic E-state index is 0. The van der Waals surface area contributed by atoms with Crippen LogP contribution in [0, 0.1) is 0 Å². The second-order valence-corrected chi connectivity index (χ2v) is 8.40. The summed E-state index contributed by atoms with van der Waals surface area (Å²) in [6, 6.07) is 0. The molecule has 0 rings (SSSR count). The van der Waals surface area contributed by atoms with Crippen LogP contribution in [0.3, 0.4) is 0 Å². The maximum absolute atomic E-state index is 9.00. The van der Waals surface area contributed by atoms with Crippen molar-refractivity contribution in [2.45, 2.75) is 130 Å². The molecule has 35 heavy (non-hydrogen) atoms. The van der Waals surface area contributed by atoms with E-state index >= 15 is 0 Å². The van der Waals surface area contributed by atoms with Crippen molar-refractivity contribution in [1.82, 2.24) is 5.32 Å². The maximum atomic E-state index is 9.00. The summed E-state index contributed by atoms with van der Waals surface area (Å²) in [4.78, 5) is 27.0. The molecule has 0 heterocycles. The van der Waals surface area contributed by atoms with E-state index in [1.165, 1.54) is 103 Å². The predicted molar refractivity (Wildman–Crippen MR) is 143 cm³/mol. The summed E-state index contributed by atoms with van der Waals surface area (Å²) in [7, 11) is 0. The number of carbonyl (C=O) groups is 3. The van der Waals surface area contributed by atoms with Crippen LogP contribution in [0.4, 0.5) is 0 Å². The van der Waals surface area contributed by atoms with Gasteiger partial charge in [0.2, 0.25) is 0 Å². The number of hydrogen-bond donors (Lipinski definition) is 5. The van der Waals surface area contributed by atoms with Gasteiger partial charge in [-0.1, -0.05) is 103 Å². The van der Waals surface area contributed by atoms with Crippen LogP contribution < -0.4 is 40.6 Å². The quantitative estimate of drug-likeness (QED) is 0.130. The van der Waals surface area contributed by atoms with Crippen molar-refractivity contribution >= 4 is 17.9 Å². The number of nitrogens with two attached hydrogens (primary N) is 1. The Hall–Kier alpha value is -0.670. The molecule has 0 aliphatic carbocycles. The standard InChI is InChI=1S/C20H44N2.3C2H4O2.Na.H/c1-2-3-4-5-6-7-8-9-10-11-12-13-14-15-16-17-19-22-20-18-21;3*1-2(3)4;;/h22H,2-21H2,1H3;3*1H3,(H,3,4);;/q;;;;+1;-1. The van der Waals surface area contributed by atoms with Crippen LogP contribution in [0.15, 0.2) is 0 Å². The molecule has 0 saturated heterocycles. The van der Waals surface area contributed by atoms with Crippen molar-refractivity contribution in [1.29, 1.82) is 0 Å². The van der Waals surface area contributed by atoms with Crippen LogP contribution >= 0.6 is 0 Å². The summed E-state index contributed by atoms with van der Waals surface area (Å²) in [6.07, 6.45) is 23.0. The predicted octanol–water partition coefficient (Wildman–Crippen LogP) is 3.19. The first-order valence-electron chi connectivity index (χ1n) is 13.1. The molecule has 0 aromatic heterocycles. The fraction of sp³-hybridized carbons (Fsp3) is 0.885. The molecule has 0 fully saturated rings. The summed E-state index contributed by atoms with van der Waals surface area (Å²) >= 11 is 0. The first-order valence-corrected chi connectivity index (χ1v) is 13.1. The van der Waals surface area contributed by atoms with Crippen molar-refractivity contribution < 1.29 is 60.7 Å². The molecular formula is C26H57N2NaO6. The molecule has 0 atom stereocenters. The molecule has 208 valence electrons. The molecule has 0 bridgehead atoms. The molecule has 0 aliphatic heterocycles. The summed E-state index contributed by atoms with van der Waals surface area (Å²) < 4.78 is 0. The Bertz CT molecular complexity index is 373. The average molecular weight is 517 g/mol. The van der Waals surface area contributed by atoms with Crippen molar-refractivity contribution in [3.8, 4) is 0 Å². The van der Waals surface area contributed by atoms with Crippen LogP contribution in [0.2, 0.25) is 0 Å². The van der Waals surface area contributed by atoms with Crippen LogP contribution in [0.5, 0.6) is 0 Å². The monoisotopic (exact) mass is 516 g/mol. The van der Waals surface area contributed by atoms with Crippen molar-refractivity contribution in [3.63, 3.8) is 0 Å². The van der Waals surface area contributed by atoms with Gasteiger partial charge >= 0.3 is 29.6 Å². The number of nitrogens with one attached hydrogen (secondary N) is 1. The van der Waals surface area contributed by atoms with Crippen LogP contribution in [0.25, 0.3) is 0 Å². The van der Waals surface area contributed by atoms with Gasteiger partial charge in [0.15, 0.2) is 0 Å². The van der Waals surface area contributed by atoms with Gasteiger partial charge in [-0.15, -0.1) is 0 Å². The minimum Gasteiger partial charge on any atom is -1.00 e. The molecule has 6 N–H and O–H groups in total. The molecule has 0 spiro atoms. The topological polar surface area (TPSA) is 150 Å². The fourth-order valence-electron chi connectivity index (χ4n) is 3.03. The van der Waals surface area contributed by atoms with E-state index in [-0.39, 0.29) is 31.0 Å². The van der Waals surface area contributed by atoms with Crippen LogP contribution in [-0.4, -0.2) is 52.9 Å². The molecule has 0 amide bonds. The van der Waals surface area contributed by atoms with E-state index in [9.17, 15) is 0 Å². The van der Waals surface area contributed by atoms with Crippen molar-refractivity contribution in [2.75, 3.05) is 19.6 Å². The van der Waals surface area contributed by atoms with E-state index in [1.54, 1.807) is 0 Å². The fourth-order valence-corrected chi connectivity index (χ4v) is 3.03. The van der Waals surface area contributed by atoms with E-state index in [2.05, 4.69) is 12.2 Å². The summed E-state index contributed by atoms with van der Waals surface area (Å²) in [5, 5.41) is 25.6. The average Bonchev–Trinajstić information content (AvgIpc) is 2.72. The zero-order valence-corrected chi connectivity index (χ0v) is 25.6. The van der Waals surface area contributed by atoms with E-state index in [0.29, 0.717) is 0 Å². The maximum Gasteiger partial charge on any atom is 1.00 e. The van der Waals surface area contributed by atoms with Gasteiger partial charge in [0.1, 0.15) is 0 Å². The van der Waals surface area contributed by atoms with E-state index < -0.39 is 17.9 Å². The van der Waals surface area contributed by atoms with Gasteiger partial charge in [-0.2, -0.15) is 0 Å². The molecular weight excluding hydrogens is 459 g/mol. The molecule has 0 aliphatic rings. The van der Waals surface area contributed by atoms with Gasteiger partial charge in [-0.3, -0.25) is 14.4 Å². The Morgan fingerprint density at radius 3 is 1.03 bits per heavy atom. The molecule has 8 nitrogen and oxygen atoms in total. The van der Waals surface area contributed by atoms with Gasteiger partial charge < -0.3 is 27.8 Å². The third-order valence-corrected chi connectivity index (χ3v) is 4.53. The van der Waals surface area contributed by atoms with Crippen molar-refractivity contribution in [3.05, 3.63) is 0 Å². The summed E-state index contributed by atoms with van der Waals surface area (Å²) in [5.74, 6) is -2.50. The van der Waals surface area contributed by atoms with Gasteiger partial charge in [-0.25, -0.2) is 0 Å². The number of unbranched alkanes of at least 4 members (excludes halogenated alkanes) is 15. The number of carboxylic acids is 3. The SMILES string of the molecule is CC(=O)O.CC(=O)O.CC(=O)O.CCCCCCCCCCCCCCCCCCNCCN.[H-].[Na+]. The second kappa shape index (κ2) is 43.4. The Morgan fingerprint density at radius 2 is 0.800 bits per heavy atom. The Kier molecular flexibility index (Phi) is 55.0. The number of hydrogen-bond acceptors (Lipinski definition) is 5. The van der Waals surface area contributed by atoms with Crippen molar-refractivity contribution in [2.24, 2.45) is 5.73 Å². The number of rotatable bonds is 19. The minimum atomic E-state index is -0.833. The molecule has 9 heteroatoms.